The maximum Gasteiger partial charge on any atom is 0.282 e. The Morgan fingerprint density at radius 1 is 1.33 bits per heavy atom. The standard InChI is InChI=1S/C10H17N5O2S/c1-6(2)5-13-7(16)3-4-12-8(17)9-14-15-10(11)18-9/h6H,3-5H2,1-2H3,(H2,11,15)(H,12,17)(H,13,16). The van der Waals surface area contributed by atoms with E-state index in [1.807, 2.05) is 13.8 Å². The zero-order valence-electron chi connectivity index (χ0n) is 10.4. The molecule has 1 rings (SSSR count). The highest BCUT2D eigenvalue weighted by Crippen LogP contribution is 2.10. The molecule has 0 aliphatic carbocycles. The van der Waals surface area contributed by atoms with Crippen molar-refractivity contribution >= 4 is 28.3 Å². The molecule has 1 heterocycles. The topological polar surface area (TPSA) is 110 Å². The lowest BCUT2D eigenvalue weighted by Gasteiger charge is -2.07. The second kappa shape index (κ2) is 6.90. The third-order valence-electron chi connectivity index (χ3n) is 1.98. The van der Waals surface area contributed by atoms with Crippen molar-refractivity contribution in [1.29, 1.82) is 0 Å². The van der Waals surface area contributed by atoms with Crippen LogP contribution in [0.15, 0.2) is 0 Å². The first-order chi connectivity index (χ1) is 8.49. The van der Waals surface area contributed by atoms with Crippen molar-refractivity contribution in [3.05, 3.63) is 5.01 Å². The molecular weight excluding hydrogens is 254 g/mol. The van der Waals surface area contributed by atoms with Crippen molar-refractivity contribution < 1.29 is 9.59 Å². The molecule has 0 spiro atoms. The van der Waals surface area contributed by atoms with Gasteiger partial charge in [0.05, 0.1) is 0 Å². The second-order valence-electron chi connectivity index (χ2n) is 4.15. The average Bonchev–Trinajstić information content (AvgIpc) is 2.73. The summed E-state index contributed by atoms with van der Waals surface area (Å²) in [4.78, 5) is 22.9. The zero-order chi connectivity index (χ0) is 13.5. The minimum absolute atomic E-state index is 0.0826. The molecule has 7 nitrogen and oxygen atoms in total. The molecule has 0 aliphatic heterocycles. The molecule has 100 valence electrons. The van der Waals surface area contributed by atoms with E-state index in [-0.39, 0.29) is 34.9 Å². The fourth-order valence-corrected chi connectivity index (χ4v) is 1.62. The van der Waals surface area contributed by atoms with Crippen molar-refractivity contribution in [2.75, 3.05) is 18.8 Å². The Morgan fingerprint density at radius 3 is 2.61 bits per heavy atom. The summed E-state index contributed by atoms with van der Waals surface area (Å²) < 4.78 is 0. The van der Waals surface area contributed by atoms with Crippen LogP contribution in [-0.2, 0) is 4.79 Å². The van der Waals surface area contributed by atoms with E-state index >= 15 is 0 Å². The van der Waals surface area contributed by atoms with Crippen LogP contribution in [0.4, 0.5) is 5.13 Å². The van der Waals surface area contributed by atoms with Crippen LogP contribution < -0.4 is 16.4 Å². The van der Waals surface area contributed by atoms with Crippen molar-refractivity contribution in [2.24, 2.45) is 5.92 Å². The van der Waals surface area contributed by atoms with E-state index in [9.17, 15) is 9.59 Å². The van der Waals surface area contributed by atoms with Gasteiger partial charge in [0, 0.05) is 19.5 Å². The molecule has 0 bridgehead atoms. The molecule has 1 aromatic heterocycles. The summed E-state index contributed by atoms with van der Waals surface area (Å²) in [5.74, 6) is -0.0328. The molecule has 1 aromatic rings. The number of amides is 2. The summed E-state index contributed by atoms with van der Waals surface area (Å²) in [7, 11) is 0. The first-order valence-corrected chi connectivity index (χ1v) is 6.44. The van der Waals surface area contributed by atoms with E-state index < -0.39 is 0 Å². The second-order valence-corrected chi connectivity index (χ2v) is 5.16. The van der Waals surface area contributed by atoms with Crippen molar-refractivity contribution in [1.82, 2.24) is 20.8 Å². The monoisotopic (exact) mass is 271 g/mol. The highest BCUT2D eigenvalue weighted by Gasteiger charge is 2.11. The zero-order valence-corrected chi connectivity index (χ0v) is 11.2. The molecule has 0 aliphatic rings. The van der Waals surface area contributed by atoms with Gasteiger partial charge in [-0.25, -0.2) is 0 Å². The summed E-state index contributed by atoms with van der Waals surface area (Å²) >= 11 is 1.01. The van der Waals surface area contributed by atoms with Crippen molar-refractivity contribution in [3.63, 3.8) is 0 Å². The van der Waals surface area contributed by atoms with Gasteiger partial charge in [-0.15, -0.1) is 10.2 Å². The van der Waals surface area contributed by atoms with Gasteiger partial charge < -0.3 is 16.4 Å². The SMILES string of the molecule is CC(C)CNC(=O)CCNC(=O)c1nnc(N)s1. The molecule has 0 atom stereocenters. The largest absolute Gasteiger partial charge is 0.374 e. The highest BCUT2D eigenvalue weighted by molar-refractivity contribution is 7.16. The molecule has 4 N–H and O–H groups in total. The molecular formula is C10H17N5O2S. The summed E-state index contributed by atoms with van der Waals surface area (Å²) in [6.45, 7) is 4.94. The first-order valence-electron chi connectivity index (χ1n) is 5.63. The van der Waals surface area contributed by atoms with Gasteiger partial charge in [-0.3, -0.25) is 9.59 Å². The molecule has 0 radical (unpaired) electrons. The Labute approximate surface area is 109 Å². The van der Waals surface area contributed by atoms with Crippen LogP contribution in [0.2, 0.25) is 0 Å². The number of carbonyl (C=O) groups excluding carboxylic acids is 2. The van der Waals surface area contributed by atoms with Gasteiger partial charge in [0.2, 0.25) is 16.0 Å². The van der Waals surface area contributed by atoms with Crippen LogP contribution >= 0.6 is 11.3 Å². The molecule has 0 aromatic carbocycles. The van der Waals surface area contributed by atoms with Crippen molar-refractivity contribution in [3.8, 4) is 0 Å². The van der Waals surface area contributed by atoms with E-state index in [2.05, 4.69) is 20.8 Å². The minimum atomic E-state index is -0.360. The lowest BCUT2D eigenvalue weighted by molar-refractivity contribution is -0.121. The van der Waals surface area contributed by atoms with E-state index in [0.29, 0.717) is 12.5 Å². The molecule has 18 heavy (non-hydrogen) atoms. The third kappa shape index (κ3) is 5.09. The molecule has 8 heteroatoms. The number of anilines is 1. The number of aromatic nitrogens is 2. The normalized spacial score (nSPS) is 10.4. The Bertz CT molecular complexity index is 418. The van der Waals surface area contributed by atoms with Crippen molar-refractivity contribution in [2.45, 2.75) is 20.3 Å². The minimum Gasteiger partial charge on any atom is -0.374 e. The van der Waals surface area contributed by atoms with Gasteiger partial charge in [-0.05, 0) is 5.92 Å². The van der Waals surface area contributed by atoms with Crippen LogP contribution in [0.25, 0.3) is 0 Å². The lowest BCUT2D eigenvalue weighted by atomic mass is 10.2. The summed E-state index contributed by atoms with van der Waals surface area (Å²) in [6, 6.07) is 0. The number of nitrogens with two attached hydrogens (primary N) is 1. The maximum absolute atomic E-state index is 11.5. The Morgan fingerprint density at radius 2 is 2.06 bits per heavy atom. The molecule has 2 amide bonds. The number of hydrogen-bond donors (Lipinski definition) is 3. The third-order valence-corrected chi connectivity index (χ3v) is 2.73. The van der Waals surface area contributed by atoms with Gasteiger partial charge >= 0.3 is 0 Å². The number of carbonyl (C=O) groups is 2. The molecule has 0 fully saturated rings. The number of nitrogens with one attached hydrogen (secondary N) is 2. The van der Waals surface area contributed by atoms with Crippen LogP contribution in [0.3, 0.4) is 0 Å². The van der Waals surface area contributed by atoms with Gasteiger partial charge in [-0.1, -0.05) is 25.2 Å². The van der Waals surface area contributed by atoms with E-state index in [1.54, 1.807) is 0 Å². The van der Waals surface area contributed by atoms with Crippen LogP contribution in [0.1, 0.15) is 30.1 Å². The predicted octanol–water partition coefficient (Wildman–Crippen LogP) is 0.0124. The van der Waals surface area contributed by atoms with E-state index in [1.165, 1.54) is 0 Å². The van der Waals surface area contributed by atoms with E-state index in [0.717, 1.165) is 11.3 Å². The van der Waals surface area contributed by atoms with Crippen LogP contribution in [-0.4, -0.2) is 35.1 Å². The van der Waals surface area contributed by atoms with Crippen LogP contribution in [0.5, 0.6) is 0 Å². The summed E-state index contributed by atoms with van der Waals surface area (Å²) in [6.07, 6.45) is 0.243. The predicted molar refractivity (Wildman–Crippen MR) is 69.1 cm³/mol. The fourth-order valence-electron chi connectivity index (χ4n) is 1.10. The summed E-state index contributed by atoms with van der Waals surface area (Å²) in [5.41, 5.74) is 5.36. The van der Waals surface area contributed by atoms with Gasteiger partial charge in [-0.2, -0.15) is 0 Å². The van der Waals surface area contributed by atoms with Gasteiger partial charge in [0.25, 0.3) is 5.91 Å². The van der Waals surface area contributed by atoms with Gasteiger partial charge in [0.15, 0.2) is 0 Å². The molecule has 0 saturated heterocycles. The first kappa shape index (κ1) is 14.4. The number of nitrogens with zero attached hydrogens (tertiary/aromatic N) is 2. The molecule has 0 saturated carbocycles. The lowest BCUT2D eigenvalue weighted by Crippen LogP contribution is -2.32. The number of rotatable bonds is 6. The Kier molecular flexibility index (Phi) is 5.50. The quantitative estimate of drug-likeness (QED) is 0.675. The number of hydrogen-bond acceptors (Lipinski definition) is 6. The average molecular weight is 271 g/mol. The smallest absolute Gasteiger partial charge is 0.282 e. The van der Waals surface area contributed by atoms with Crippen LogP contribution in [0, 0.1) is 5.92 Å². The number of nitrogen functional groups attached to an aromatic ring is 1. The Balaban J connectivity index is 2.21. The fraction of sp³-hybridized carbons (Fsp3) is 0.600. The highest BCUT2D eigenvalue weighted by atomic mass is 32.1. The molecule has 0 unspecified atom stereocenters. The Hall–Kier alpha value is -1.70. The van der Waals surface area contributed by atoms with E-state index in [4.69, 9.17) is 5.73 Å². The van der Waals surface area contributed by atoms with Gasteiger partial charge in [0.1, 0.15) is 0 Å². The summed E-state index contributed by atoms with van der Waals surface area (Å²) in [5, 5.41) is 12.9. The maximum atomic E-state index is 11.5.